The van der Waals surface area contributed by atoms with Gasteiger partial charge in [-0.05, 0) is 24.5 Å². The molecule has 1 heterocycles. The van der Waals surface area contributed by atoms with Crippen LogP contribution in [0.2, 0.25) is 0 Å². The monoisotopic (exact) mass is 323 g/mol. The molecule has 126 valence electrons. The Hall–Kier alpha value is -2.17. The van der Waals surface area contributed by atoms with Gasteiger partial charge in [-0.25, -0.2) is 0 Å². The van der Waals surface area contributed by atoms with E-state index in [-0.39, 0.29) is 11.9 Å². The Kier molecular flexibility index (Phi) is 4.97. The second-order valence-corrected chi connectivity index (χ2v) is 6.75. The summed E-state index contributed by atoms with van der Waals surface area (Å²) in [6.07, 6.45) is 0.962. The van der Waals surface area contributed by atoms with E-state index in [0.717, 1.165) is 31.6 Å². The minimum atomic E-state index is -1.01. The maximum absolute atomic E-state index is 12.6. The number of nitrogens with zero attached hydrogens (tertiary/aromatic N) is 1. The van der Waals surface area contributed by atoms with Gasteiger partial charge in [-0.3, -0.25) is 9.69 Å². The van der Waals surface area contributed by atoms with E-state index in [2.05, 4.69) is 34.5 Å². The summed E-state index contributed by atoms with van der Waals surface area (Å²) in [5.74, 6) is -0.111. The van der Waals surface area contributed by atoms with Gasteiger partial charge in [0.15, 0.2) is 0 Å². The molecule has 0 radical (unpaired) electrons. The van der Waals surface area contributed by atoms with E-state index in [0.29, 0.717) is 0 Å². The number of likely N-dealkylation sites (tertiary alicyclic amines) is 1. The van der Waals surface area contributed by atoms with Crippen LogP contribution in [0.5, 0.6) is 0 Å². The molecule has 0 saturated carbocycles. The number of nitrogens with one attached hydrogen (secondary N) is 1. The molecular formula is C20H25N3O. The van der Waals surface area contributed by atoms with E-state index in [4.69, 9.17) is 5.73 Å². The van der Waals surface area contributed by atoms with Crippen LogP contribution in [0.4, 0.5) is 0 Å². The molecule has 1 saturated heterocycles. The van der Waals surface area contributed by atoms with E-state index in [1.165, 1.54) is 5.56 Å². The second kappa shape index (κ2) is 7.16. The van der Waals surface area contributed by atoms with Crippen molar-refractivity contribution in [1.82, 2.24) is 10.2 Å². The summed E-state index contributed by atoms with van der Waals surface area (Å²) in [6, 6.07) is 20.1. The van der Waals surface area contributed by atoms with Gasteiger partial charge in [-0.2, -0.15) is 0 Å². The molecule has 24 heavy (non-hydrogen) atoms. The van der Waals surface area contributed by atoms with Gasteiger partial charge in [0.1, 0.15) is 5.54 Å². The van der Waals surface area contributed by atoms with Gasteiger partial charge in [-0.15, -0.1) is 0 Å². The van der Waals surface area contributed by atoms with Crippen molar-refractivity contribution in [3.05, 3.63) is 71.8 Å². The first-order valence-electron chi connectivity index (χ1n) is 8.47. The maximum atomic E-state index is 12.6. The molecule has 1 aliphatic heterocycles. The average Bonchev–Trinajstić information content (AvgIpc) is 3.03. The first kappa shape index (κ1) is 16.7. The number of hydrogen-bond donors (Lipinski definition) is 2. The molecule has 3 N–H and O–H groups in total. The number of carbonyl (C=O) groups is 1. The molecule has 4 heteroatoms. The van der Waals surface area contributed by atoms with Crippen LogP contribution >= 0.6 is 0 Å². The van der Waals surface area contributed by atoms with Crippen LogP contribution in [-0.2, 0) is 16.9 Å². The lowest BCUT2D eigenvalue weighted by atomic mass is 9.92. The Morgan fingerprint density at radius 3 is 2.46 bits per heavy atom. The molecule has 3 rings (SSSR count). The number of nitrogens with two attached hydrogens (primary N) is 1. The summed E-state index contributed by atoms with van der Waals surface area (Å²) in [4.78, 5) is 15.0. The molecule has 0 aromatic heterocycles. The van der Waals surface area contributed by atoms with E-state index < -0.39 is 5.54 Å². The topological polar surface area (TPSA) is 58.4 Å². The van der Waals surface area contributed by atoms with Crippen LogP contribution < -0.4 is 11.1 Å². The quantitative estimate of drug-likeness (QED) is 0.887. The summed E-state index contributed by atoms with van der Waals surface area (Å²) < 4.78 is 0. The first-order chi connectivity index (χ1) is 11.6. The molecule has 1 amide bonds. The highest BCUT2D eigenvalue weighted by Crippen LogP contribution is 2.19. The van der Waals surface area contributed by atoms with Gasteiger partial charge >= 0.3 is 0 Å². The SMILES string of the molecule is CC(N)(C(=O)NC1CCN(Cc2ccccc2)C1)c1ccccc1. The van der Waals surface area contributed by atoms with Crippen molar-refractivity contribution in [3.8, 4) is 0 Å². The normalized spacial score (nSPS) is 20.5. The fourth-order valence-electron chi connectivity index (χ4n) is 3.19. The molecule has 2 atom stereocenters. The van der Waals surface area contributed by atoms with Crippen LogP contribution in [0.25, 0.3) is 0 Å². The molecule has 2 aromatic rings. The lowest BCUT2D eigenvalue weighted by molar-refractivity contribution is -0.126. The Morgan fingerprint density at radius 2 is 1.79 bits per heavy atom. The number of amides is 1. The Labute approximate surface area is 143 Å². The molecule has 1 fully saturated rings. The average molecular weight is 323 g/mol. The first-order valence-corrected chi connectivity index (χ1v) is 8.47. The largest absolute Gasteiger partial charge is 0.350 e. The molecule has 2 unspecified atom stereocenters. The van der Waals surface area contributed by atoms with E-state index in [1.54, 1.807) is 6.92 Å². The third-order valence-electron chi connectivity index (χ3n) is 4.70. The molecule has 0 aliphatic carbocycles. The zero-order valence-corrected chi connectivity index (χ0v) is 14.1. The van der Waals surface area contributed by atoms with Crippen LogP contribution in [0.3, 0.4) is 0 Å². The number of rotatable bonds is 5. The van der Waals surface area contributed by atoms with Gasteiger partial charge < -0.3 is 11.1 Å². The van der Waals surface area contributed by atoms with Gasteiger partial charge in [0.2, 0.25) is 5.91 Å². The van der Waals surface area contributed by atoms with Crippen molar-refractivity contribution in [2.24, 2.45) is 5.73 Å². The van der Waals surface area contributed by atoms with Crippen molar-refractivity contribution >= 4 is 5.91 Å². The predicted octanol–water partition coefficient (Wildman–Crippen LogP) is 2.25. The van der Waals surface area contributed by atoms with Crippen molar-refractivity contribution in [2.75, 3.05) is 13.1 Å². The minimum absolute atomic E-state index is 0.111. The second-order valence-electron chi connectivity index (χ2n) is 6.75. The smallest absolute Gasteiger partial charge is 0.244 e. The van der Waals surface area contributed by atoms with Crippen LogP contribution in [0.1, 0.15) is 24.5 Å². The van der Waals surface area contributed by atoms with Crippen molar-refractivity contribution in [3.63, 3.8) is 0 Å². The maximum Gasteiger partial charge on any atom is 0.244 e. The molecule has 0 spiro atoms. The third-order valence-corrected chi connectivity index (χ3v) is 4.70. The van der Waals surface area contributed by atoms with E-state index in [9.17, 15) is 4.79 Å². The highest BCUT2D eigenvalue weighted by atomic mass is 16.2. The van der Waals surface area contributed by atoms with Gasteiger partial charge in [0, 0.05) is 25.7 Å². The molecular weight excluding hydrogens is 298 g/mol. The molecule has 1 aliphatic rings. The highest BCUT2D eigenvalue weighted by molar-refractivity contribution is 5.87. The Bertz CT molecular complexity index is 670. The van der Waals surface area contributed by atoms with Crippen molar-refractivity contribution in [1.29, 1.82) is 0 Å². The summed E-state index contributed by atoms with van der Waals surface area (Å²) in [7, 11) is 0. The zero-order valence-electron chi connectivity index (χ0n) is 14.1. The number of carbonyl (C=O) groups excluding carboxylic acids is 1. The van der Waals surface area contributed by atoms with E-state index in [1.807, 2.05) is 36.4 Å². The van der Waals surface area contributed by atoms with Crippen molar-refractivity contribution in [2.45, 2.75) is 31.5 Å². The fourth-order valence-corrected chi connectivity index (χ4v) is 3.19. The summed E-state index contributed by atoms with van der Waals surface area (Å²) >= 11 is 0. The fraction of sp³-hybridized carbons (Fsp3) is 0.350. The predicted molar refractivity (Wildman–Crippen MR) is 96.2 cm³/mol. The zero-order chi connectivity index (χ0) is 17.0. The van der Waals surface area contributed by atoms with E-state index >= 15 is 0 Å². The van der Waals surface area contributed by atoms with Crippen LogP contribution in [0.15, 0.2) is 60.7 Å². The number of hydrogen-bond acceptors (Lipinski definition) is 3. The summed E-state index contributed by atoms with van der Waals surface area (Å²) in [6.45, 7) is 4.55. The molecule has 2 aromatic carbocycles. The lowest BCUT2D eigenvalue weighted by Crippen LogP contribution is -2.52. The lowest BCUT2D eigenvalue weighted by Gasteiger charge is -2.26. The van der Waals surface area contributed by atoms with Gasteiger partial charge in [0.05, 0.1) is 0 Å². The third kappa shape index (κ3) is 3.83. The number of benzene rings is 2. The molecule has 0 bridgehead atoms. The van der Waals surface area contributed by atoms with Gasteiger partial charge in [0.25, 0.3) is 0 Å². The Morgan fingerprint density at radius 1 is 1.17 bits per heavy atom. The van der Waals surface area contributed by atoms with Crippen LogP contribution in [0, 0.1) is 0 Å². The summed E-state index contributed by atoms with van der Waals surface area (Å²) in [5.41, 5.74) is 7.42. The minimum Gasteiger partial charge on any atom is -0.350 e. The summed E-state index contributed by atoms with van der Waals surface area (Å²) in [5, 5.41) is 3.13. The van der Waals surface area contributed by atoms with Crippen molar-refractivity contribution < 1.29 is 4.79 Å². The molecule has 4 nitrogen and oxygen atoms in total. The standard InChI is InChI=1S/C20H25N3O/c1-20(21,17-10-6-3-7-11-17)19(24)22-18-12-13-23(15-18)14-16-8-4-2-5-9-16/h2-11,18H,12-15,21H2,1H3,(H,22,24). The van der Waals surface area contributed by atoms with Crippen LogP contribution in [-0.4, -0.2) is 29.9 Å². The highest BCUT2D eigenvalue weighted by Gasteiger charge is 2.33. The van der Waals surface area contributed by atoms with Gasteiger partial charge in [-0.1, -0.05) is 60.7 Å². The Balaban J connectivity index is 1.56.